The Morgan fingerprint density at radius 3 is 1.65 bits per heavy atom. The van der Waals surface area contributed by atoms with Crippen LogP contribution in [0.2, 0.25) is 0 Å². The van der Waals surface area contributed by atoms with Gasteiger partial charge in [0.05, 0.1) is 6.42 Å². The highest BCUT2D eigenvalue weighted by molar-refractivity contribution is 6.10. The number of rotatable bonds is 20. The van der Waals surface area contributed by atoms with Crippen molar-refractivity contribution < 1.29 is 34.4 Å². The molecular formula is C39H44O7. The van der Waals surface area contributed by atoms with Gasteiger partial charge in [0, 0.05) is 6.42 Å². The number of carbonyl (C=O) groups excluding carboxylic acids is 3. The van der Waals surface area contributed by atoms with Crippen molar-refractivity contribution in [1.29, 1.82) is 0 Å². The zero-order valence-electron chi connectivity index (χ0n) is 26.4. The molecule has 2 rings (SSSR count). The molecule has 0 aromatic heterocycles. The largest absolute Gasteiger partial charge is 0.504 e. The molecule has 46 heavy (non-hydrogen) atoms. The van der Waals surface area contributed by atoms with Gasteiger partial charge >= 0.3 is 5.97 Å². The molecule has 7 nitrogen and oxygen atoms in total. The Hall–Kier alpha value is -5.17. The normalized spacial score (nSPS) is 12.3. The van der Waals surface area contributed by atoms with Crippen LogP contribution in [0, 0.1) is 0 Å². The minimum atomic E-state index is -0.449. The van der Waals surface area contributed by atoms with Gasteiger partial charge in [0.25, 0.3) is 0 Å². The molecule has 0 amide bonds. The van der Waals surface area contributed by atoms with Crippen molar-refractivity contribution in [2.75, 3.05) is 0 Å². The predicted octanol–water partition coefficient (Wildman–Crippen LogP) is 8.89. The van der Waals surface area contributed by atoms with Crippen molar-refractivity contribution in [3.05, 3.63) is 120 Å². The second kappa shape index (κ2) is 22.4. The summed E-state index contributed by atoms with van der Waals surface area (Å²) < 4.78 is 5.27. The molecule has 7 heteroatoms. The van der Waals surface area contributed by atoms with Crippen molar-refractivity contribution in [3.8, 4) is 23.0 Å². The average molecular weight is 625 g/mol. The summed E-state index contributed by atoms with van der Waals surface area (Å²) in [6.07, 6.45) is 32.7. The minimum absolute atomic E-state index is 0.0314. The maximum atomic E-state index is 12.2. The van der Waals surface area contributed by atoms with Gasteiger partial charge in [0.15, 0.2) is 34.6 Å². The monoisotopic (exact) mass is 624 g/mol. The Labute approximate surface area is 271 Å². The molecular weight excluding hydrogens is 580 g/mol. The second-order valence-electron chi connectivity index (χ2n) is 10.3. The third-order valence-corrected chi connectivity index (χ3v) is 6.39. The van der Waals surface area contributed by atoms with E-state index in [4.69, 9.17) is 4.74 Å². The average Bonchev–Trinajstić information content (AvgIpc) is 3.03. The number of hydrogen-bond acceptors (Lipinski definition) is 7. The van der Waals surface area contributed by atoms with E-state index in [0.717, 1.165) is 38.5 Å². The zero-order chi connectivity index (χ0) is 33.4. The van der Waals surface area contributed by atoms with E-state index < -0.39 is 17.5 Å². The summed E-state index contributed by atoms with van der Waals surface area (Å²) in [6.45, 7) is 2.13. The molecule has 0 spiro atoms. The SMILES string of the molecule is CC/C=C\C/C=C\C/C=C\C/C=C\C/C=C\CCCC(=O)Oc1ccc(/C=C/C(=O)CC(=O)/C=C/c2ccc(O)c(O)c2)cc1O. The van der Waals surface area contributed by atoms with Gasteiger partial charge in [-0.3, -0.25) is 14.4 Å². The number of phenols is 3. The van der Waals surface area contributed by atoms with E-state index in [2.05, 4.69) is 61.6 Å². The number of carbonyl (C=O) groups is 3. The predicted molar refractivity (Wildman–Crippen MR) is 185 cm³/mol. The molecule has 0 aliphatic heterocycles. The van der Waals surface area contributed by atoms with Crippen LogP contribution in [-0.2, 0) is 14.4 Å². The molecule has 0 unspecified atom stereocenters. The minimum Gasteiger partial charge on any atom is -0.504 e. The van der Waals surface area contributed by atoms with E-state index in [1.165, 1.54) is 54.6 Å². The lowest BCUT2D eigenvalue weighted by molar-refractivity contribution is -0.134. The summed E-state index contributed by atoms with van der Waals surface area (Å²) in [6, 6.07) is 8.50. The highest BCUT2D eigenvalue weighted by Crippen LogP contribution is 2.28. The fourth-order valence-corrected chi connectivity index (χ4v) is 3.94. The van der Waals surface area contributed by atoms with Crippen LogP contribution in [0.3, 0.4) is 0 Å². The van der Waals surface area contributed by atoms with Crippen LogP contribution in [0.1, 0.15) is 75.8 Å². The lowest BCUT2D eigenvalue weighted by atomic mass is 10.1. The van der Waals surface area contributed by atoms with Crippen molar-refractivity contribution in [3.63, 3.8) is 0 Å². The molecule has 0 heterocycles. The van der Waals surface area contributed by atoms with Gasteiger partial charge in [-0.25, -0.2) is 0 Å². The molecule has 0 fully saturated rings. The van der Waals surface area contributed by atoms with E-state index in [0.29, 0.717) is 17.5 Å². The number of allylic oxidation sites excluding steroid dienone is 12. The van der Waals surface area contributed by atoms with E-state index in [9.17, 15) is 29.7 Å². The van der Waals surface area contributed by atoms with E-state index in [-0.39, 0.29) is 35.8 Å². The Kier molecular flexibility index (Phi) is 18.0. The number of hydrogen-bond donors (Lipinski definition) is 3. The van der Waals surface area contributed by atoms with Crippen molar-refractivity contribution in [2.24, 2.45) is 0 Å². The highest BCUT2D eigenvalue weighted by atomic mass is 16.5. The van der Waals surface area contributed by atoms with Crippen LogP contribution >= 0.6 is 0 Å². The Balaban J connectivity index is 1.64. The first kappa shape index (κ1) is 37.0. The smallest absolute Gasteiger partial charge is 0.311 e. The molecule has 0 radical (unpaired) electrons. The van der Waals surface area contributed by atoms with E-state index in [1.54, 1.807) is 6.07 Å². The summed E-state index contributed by atoms with van der Waals surface area (Å²) in [5, 5.41) is 29.1. The quantitative estimate of drug-likeness (QED) is 0.0256. The lowest BCUT2D eigenvalue weighted by Gasteiger charge is -2.06. The summed E-state index contributed by atoms with van der Waals surface area (Å²) in [5.41, 5.74) is 0.986. The molecule has 0 saturated heterocycles. The summed E-state index contributed by atoms with van der Waals surface area (Å²) >= 11 is 0. The van der Waals surface area contributed by atoms with Crippen molar-refractivity contribution in [1.82, 2.24) is 0 Å². The van der Waals surface area contributed by atoms with Crippen molar-refractivity contribution >= 4 is 29.7 Å². The fourth-order valence-electron chi connectivity index (χ4n) is 3.94. The van der Waals surface area contributed by atoms with Crippen LogP contribution in [0.4, 0.5) is 0 Å². The second-order valence-corrected chi connectivity index (χ2v) is 10.3. The van der Waals surface area contributed by atoms with Gasteiger partial charge in [-0.1, -0.05) is 92.0 Å². The number of unbranched alkanes of at least 4 members (excludes halogenated alkanes) is 1. The van der Waals surface area contributed by atoms with Gasteiger partial charge in [-0.05, 0) is 92.5 Å². The third kappa shape index (κ3) is 16.6. The van der Waals surface area contributed by atoms with Crippen LogP contribution in [0.25, 0.3) is 12.2 Å². The topological polar surface area (TPSA) is 121 Å². The fraction of sp³-hybridized carbons (Fsp3) is 0.256. The van der Waals surface area contributed by atoms with Crippen LogP contribution in [0.5, 0.6) is 23.0 Å². The molecule has 0 aliphatic carbocycles. The molecule has 3 N–H and O–H groups in total. The maximum Gasteiger partial charge on any atom is 0.311 e. The summed E-state index contributed by atoms with van der Waals surface area (Å²) in [4.78, 5) is 36.4. The van der Waals surface area contributed by atoms with Gasteiger partial charge in [-0.2, -0.15) is 0 Å². The first-order valence-electron chi connectivity index (χ1n) is 15.5. The number of benzene rings is 2. The highest BCUT2D eigenvalue weighted by Gasteiger charge is 2.10. The number of esters is 1. The molecule has 0 bridgehead atoms. The number of aromatic hydroxyl groups is 3. The third-order valence-electron chi connectivity index (χ3n) is 6.39. The molecule has 0 aliphatic rings. The van der Waals surface area contributed by atoms with E-state index in [1.807, 2.05) is 6.08 Å². The van der Waals surface area contributed by atoms with Crippen LogP contribution in [0.15, 0.2) is 109 Å². The molecule has 0 atom stereocenters. The van der Waals surface area contributed by atoms with Gasteiger partial charge in [0.1, 0.15) is 0 Å². The lowest BCUT2D eigenvalue weighted by Crippen LogP contribution is -2.07. The Morgan fingerprint density at radius 2 is 1.13 bits per heavy atom. The van der Waals surface area contributed by atoms with Gasteiger partial charge in [0.2, 0.25) is 0 Å². The van der Waals surface area contributed by atoms with Crippen LogP contribution in [-0.4, -0.2) is 32.9 Å². The maximum absolute atomic E-state index is 12.2. The number of phenolic OH excluding ortho intramolecular Hbond substituents is 3. The Morgan fingerprint density at radius 1 is 0.630 bits per heavy atom. The molecule has 2 aromatic carbocycles. The van der Waals surface area contributed by atoms with Gasteiger partial charge < -0.3 is 20.1 Å². The van der Waals surface area contributed by atoms with E-state index >= 15 is 0 Å². The van der Waals surface area contributed by atoms with Crippen LogP contribution < -0.4 is 4.74 Å². The number of ketones is 2. The first-order valence-corrected chi connectivity index (χ1v) is 15.5. The summed E-state index contributed by atoms with van der Waals surface area (Å²) in [5.74, 6) is -2.11. The van der Waals surface area contributed by atoms with Crippen molar-refractivity contribution in [2.45, 2.75) is 64.7 Å². The summed E-state index contributed by atoms with van der Waals surface area (Å²) in [7, 11) is 0. The number of ether oxygens (including phenoxy) is 1. The van der Waals surface area contributed by atoms with Gasteiger partial charge in [-0.15, -0.1) is 0 Å². The first-order chi connectivity index (χ1) is 22.3. The molecule has 242 valence electrons. The molecule has 0 saturated carbocycles. The zero-order valence-corrected chi connectivity index (χ0v) is 26.4. The Bertz CT molecular complexity index is 1490. The molecule has 2 aromatic rings. The standard InChI is InChI=1S/C39H44O7/c1-2-3-4-5-6-7-8-9-10-11-12-13-14-15-16-17-18-19-39(45)46-38-27-23-32(29-37(38)44)21-25-34(41)30-33(40)24-20-31-22-26-35(42)36(43)28-31/h3-4,6-7,9-10,12-13,15-16,20-29,42-44H,2,5,8,11,14,17-19,30H2,1H3/b4-3-,7-6-,10-9-,13-12-,16-15-,24-20+,25-21+.